The molecule has 0 fully saturated rings. The lowest BCUT2D eigenvalue weighted by Gasteiger charge is -2.17. The molecule has 0 saturated carbocycles. The zero-order valence-electron chi connectivity index (χ0n) is 10.9. The fraction of sp³-hybridized carbons (Fsp3) is 0.538. The maximum atomic E-state index is 4.34. The number of hydrogen-bond donors (Lipinski definition) is 2. The quantitative estimate of drug-likeness (QED) is 0.853. The molecule has 91 valence electrons. The van der Waals surface area contributed by atoms with Gasteiger partial charge in [0.2, 0.25) is 0 Å². The van der Waals surface area contributed by atoms with Gasteiger partial charge < -0.3 is 0 Å². The molecule has 0 aromatic carbocycles. The summed E-state index contributed by atoms with van der Waals surface area (Å²) in [6, 6.07) is 2.08. The Kier molecular flexibility index (Phi) is 3.05. The Morgan fingerprint density at radius 1 is 1.29 bits per heavy atom. The third kappa shape index (κ3) is 2.40. The van der Waals surface area contributed by atoms with Gasteiger partial charge in [0.15, 0.2) is 0 Å². The second-order valence-electron chi connectivity index (χ2n) is 5.36. The van der Waals surface area contributed by atoms with Gasteiger partial charge in [-0.2, -0.15) is 10.2 Å². The molecule has 2 aromatic rings. The Morgan fingerprint density at radius 3 is 2.71 bits per heavy atom. The van der Waals surface area contributed by atoms with E-state index in [9.17, 15) is 0 Å². The van der Waals surface area contributed by atoms with E-state index in [1.807, 2.05) is 0 Å². The molecule has 0 aliphatic heterocycles. The van der Waals surface area contributed by atoms with Gasteiger partial charge in [0, 0.05) is 11.1 Å². The summed E-state index contributed by atoms with van der Waals surface area (Å²) in [7, 11) is 0. The number of H-pyrrole nitrogens is 2. The van der Waals surface area contributed by atoms with E-state index in [4.69, 9.17) is 0 Å². The molecule has 0 unspecified atom stereocenters. The topological polar surface area (TPSA) is 57.4 Å². The van der Waals surface area contributed by atoms with Crippen molar-refractivity contribution in [2.75, 3.05) is 0 Å². The van der Waals surface area contributed by atoms with Crippen molar-refractivity contribution in [1.82, 2.24) is 20.4 Å². The van der Waals surface area contributed by atoms with Crippen LogP contribution in [0.2, 0.25) is 0 Å². The first kappa shape index (κ1) is 11.9. The predicted molar refractivity (Wildman–Crippen MR) is 67.7 cm³/mol. The van der Waals surface area contributed by atoms with Crippen molar-refractivity contribution in [3.63, 3.8) is 0 Å². The number of aromatic nitrogens is 4. The van der Waals surface area contributed by atoms with Gasteiger partial charge in [0.05, 0.1) is 17.0 Å². The van der Waals surface area contributed by atoms with Crippen molar-refractivity contribution in [2.45, 2.75) is 46.0 Å². The monoisotopic (exact) mass is 231 g/mol. The highest BCUT2D eigenvalue weighted by molar-refractivity contribution is 5.62. The van der Waals surface area contributed by atoms with Crippen LogP contribution in [-0.2, 0) is 11.8 Å². The van der Waals surface area contributed by atoms with E-state index < -0.39 is 0 Å². The largest absolute Gasteiger partial charge is 0.282 e. The maximum Gasteiger partial charge on any atom is 0.123 e. The van der Waals surface area contributed by atoms with Crippen LogP contribution in [0.5, 0.6) is 0 Å². The van der Waals surface area contributed by atoms with Crippen LogP contribution < -0.4 is 0 Å². The van der Waals surface area contributed by atoms with E-state index in [1.165, 1.54) is 0 Å². The van der Waals surface area contributed by atoms with Crippen LogP contribution in [0.1, 0.15) is 45.5 Å². The number of aromatic amines is 2. The minimum Gasteiger partial charge on any atom is -0.282 e. The molecule has 2 aromatic heterocycles. The summed E-state index contributed by atoms with van der Waals surface area (Å²) in [5.41, 5.74) is 4.15. The fourth-order valence-corrected chi connectivity index (χ4v) is 1.87. The normalized spacial score (nSPS) is 12.0. The van der Waals surface area contributed by atoms with E-state index >= 15 is 0 Å². The summed E-state index contributed by atoms with van der Waals surface area (Å²) in [5, 5.41) is 14.4. The molecule has 1 radical (unpaired) electrons. The second kappa shape index (κ2) is 4.35. The lowest BCUT2D eigenvalue weighted by Crippen LogP contribution is -2.13. The summed E-state index contributed by atoms with van der Waals surface area (Å²) < 4.78 is 0. The van der Waals surface area contributed by atoms with E-state index in [2.05, 4.69) is 60.4 Å². The van der Waals surface area contributed by atoms with Gasteiger partial charge >= 0.3 is 0 Å². The molecule has 0 aliphatic rings. The Labute approximate surface area is 102 Å². The molecule has 2 N–H and O–H groups in total. The molecule has 4 nitrogen and oxygen atoms in total. The molecule has 4 heteroatoms. The predicted octanol–water partition coefficient (Wildman–Crippen LogP) is 2.85. The third-order valence-corrected chi connectivity index (χ3v) is 2.74. The molecule has 17 heavy (non-hydrogen) atoms. The molecule has 0 spiro atoms. The van der Waals surface area contributed by atoms with Crippen molar-refractivity contribution >= 4 is 0 Å². The third-order valence-electron chi connectivity index (χ3n) is 2.74. The summed E-state index contributed by atoms with van der Waals surface area (Å²) in [6.07, 6.45) is 5.13. The van der Waals surface area contributed by atoms with Crippen molar-refractivity contribution < 1.29 is 0 Å². The van der Waals surface area contributed by atoms with Crippen LogP contribution in [0.4, 0.5) is 0 Å². The van der Waals surface area contributed by atoms with E-state index in [0.717, 1.165) is 35.5 Å². The standard InChI is InChI=1S/C13H19N4/c1-5-6-9-7-11(16-15-9)10-8-14-17-12(10)13(2,3)4/h7H,5-6H2,1-4H3,(H,14,17)(H,15,16). The second-order valence-corrected chi connectivity index (χ2v) is 5.36. The highest BCUT2D eigenvalue weighted by atomic mass is 15.1. The number of hydrogen-bond acceptors (Lipinski definition) is 2. The summed E-state index contributed by atoms with van der Waals surface area (Å²) in [6.45, 7) is 8.61. The van der Waals surface area contributed by atoms with Crippen LogP contribution in [-0.4, -0.2) is 20.4 Å². The van der Waals surface area contributed by atoms with Gasteiger partial charge in [-0.3, -0.25) is 10.2 Å². The molecular formula is C13H19N4. The van der Waals surface area contributed by atoms with Crippen molar-refractivity contribution in [1.29, 1.82) is 0 Å². The summed E-state index contributed by atoms with van der Waals surface area (Å²) in [4.78, 5) is 0. The first-order valence-electron chi connectivity index (χ1n) is 6.03. The molecule has 2 rings (SSSR count). The number of nitrogens with one attached hydrogen (secondary N) is 2. The van der Waals surface area contributed by atoms with Crippen molar-refractivity contribution in [2.24, 2.45) is 0 Å². The smallest absolute Gasteiger partial charge is 0.123 e. The highest BCUT2D eigenvalue weighted by Gasteiger charge is 2.22. The van der Waals surface area contributed by atoms with Crippen molar-refractivity contribution in [3.8, 4) is 11.3 Å². The average molecular weight is 231 g/mol. The lowest BCUT2D eigenvalue weighted by molar-refractivity contribution is 0.568. The minimum atomic E-state index is 0.0200. The maximum absolute atomic E-state index is 4.34. The fourth-order valence-electron chi connectivity index (χ4n) is 1.87. The van der Waals surface area contributed by atoms with E-state index in [1.54, 1.807) is 0 Å². The molecule has 0 aliphatic carbocycles. The van der Waals surface area contributed by atoms with Crippen LogP contribution in [0.3, 0.4) is 0 Å². The Morgan fingerprint density at radius 2 is 2.06 bits per heavy atom. The lowest BCUT2D eigenvalue weighted by atomic mass is 9.89. The van der Waals surface area contributed by atoms with E-state index in [0.29, 0.717) is 0 Å². The number of nitrogens with zero attached hydrogens (tertiary/aromatic N) is 2. The van der Waals surface area contributed by atoms with Gasteiger partial charge in [-0.25, -0.2) is 0 Å². The van der Waals surface area contributed by atoms with Gasteiger partial charge in [-0.1, -0.05) is 34.1 Å². The molecule has 2 heterocycles. The van der Waals surface area contributed by atoms with Gasteiger partial charge in [-0.05, 0) is 12.5 Å². The van der Waals surface area contributed by atoms with Crippen molar-refractivity contribution in [3.05, 3.63) is 23.7 Å². The molecule has 0 bridgehead atoms. The Hall–Kier alpha value is -1.58. The first-order valence-corrected chi connectivity index (χ1v) is 6.03. The molecule has 0 saturated heterocycles. The van der Waals surface area contributed by atoms with Crippen LogP contribution in [0.25, 0.3) is 11.3 Å². The van der Waals surface area contributed by atoms with Gasteiger partial charge in [-0.15, -0.1) is 0 Å². The SMILES string of the molecule is CCCc1cc(-c2[c]n[nH]c2C(C)(C)C)n[nH]1. The zero-order chi connectivity index (χ0) is 12.5. The molecule has 0 atom stereocenters. The van der Waals surface area contributed by atoms with Crippen LogP contribution in [0.15, 0.2) is 6.07 Å². The van der Waals surface area contributed by atoms with Crippen LogP contribution in [0, 0.1) is 6.20 Å². The molecule has 0 amide bonds. The average Bonchev–Trinajstić information content (AvgIpc) is 2.82. The van der Waals surface area contributed by atoms with Crippen LogP contribution >= 0.6 is 0 Å². The summed E-state index contributed by atoms with van der Waals surface area (Å²) >= 11 is 0. The summed E-state index contributed by atoms with van der Waals surface area (Å²) in [5.74, 6) is 0. The zero-order valence-corrected chi connectivity index (χ0v) is 10.9. The van der Waals surface area contributed by atoms with Gasteiger partial charge in [0.25, 0.3) is 0 Å². The minimum absolute atomic E-state index is 0.0200. The highest BCUT2D eigenvalue weighted by Crippen LogP contribution is 2.29. The van der Waals surface area contributed by atoms with E-state index in [-0.39, 0.29) is 5.41 Å². The Balaban J connectivity index is 2.36. The number of aryl methyl sites for hydroxylation is 1. The molecular weight excluding hydrogens is 212 g/mol. The first-order chi connectivity index (χ1) is 8.02. The van der Waals surface area contributed by atoms with Gasteiger partial charge in [0.1, 0.15) is 6.20 Å². The number of rotatable bonds is 3. The Bertz CT molecular complexity index is 487.